The van der Waals surface area contributed by atoms with Crippen LogP contribution in [-0.4, -0.2) is 28.7 Å². The number of carbonyl (C=O) groups excluding carboxylic acids is 3. The first-order valence-electron chi connectivity index (χ1n) is 6.66. The zero-order chi connectivity index (χ0) is 16.3. The zero-order valence-corrected chi connectivity index (χ0v) is 12.8. The Morgan fingerprint density at radius 2 is 2.18 bits per heavy atom. The van der Waals surface area contributed by atoms with Gasteiger partial charge in [-0.3, -0.25) is 14.4 Å². The number of rotatable bonds is 6. The third kappa shape index (κ3) is 3.31. The minimum absolute atomic E-state index is 0.0302. The standard InChI is InChI=1S/C14H15N2O5P/c1-8-2-3-10-9(6-8)7-16(14(10)19)11(13(15)18)4-5-12(17)21-22-20/h2-3,6,11H,4-5,7H2,1H3,(H2,15,18). The first-order valence-corrected chi connectivity index (χ1v) is 7.39. The highest BCUT2D eigenvalue weighted by molar-refractivity contribution is 7.18. The lowest BCUT2D eigenvalue weighted by Gasteiger charge is -2.24. The maximum Gasteiger partial charge on any atom is 0.398 e. The van der Waals surface area contributed by atoms with E-state index in [1.54, 1.807) is 6.07 Å². The molecule has 1 unspecified atom stereocenters. The van der Waals surface area contributed by atoms with E-state index < -0.39 is 26.6 Å². The molecule has 116 valence electrons. The maximum absolute atomic E-state index is 12.4. The number of hydrogen-bond donors (Lipinski definition) is 1. The molecule has 0 bridgehead atoms. The Bertz CT molecular complexity index is 646. The third-order valence-corrected chi connectivity index (χ3v) is 3.84. The van der Waals surface area contributed by atoms with Crippen molar-refractivity contribution in [1.29, 1.82) is 0 Å². The quantitative estimate of drug-likeness (QED) is 0.795. The van der Waals surface area contributed by atoms with Crippen LogP contribution in [0, 0.1) is 6.92 Å². The van der Waals surface area contributed by atoms with Gasteiger partial charge in [-0.05, 0) is 25.0 Å². The number of amides is 2. The van der Waals surface area contributed by atoms with Gasteiger partial charge in [0, 0.05) is 18.5 Å². The number of carbonyl (C=O) groups is 3. The monoisotopic (exact) mass is 322 g/mol. The topological polar surface area (TPSA) is 107 Å². The Morgan fingerprint density at radius 3 is 2.82 bits per heavy atom. The van der Waals surface area contributed by atoms with E-state index in [0.29, 0.717) is 5.56 Å². The van der Waals surface area contributed by atoms with Crippen molar-refractivity contribution in [3.05, 3.63) is 34.9 Å². The van der Waals surface area contributed by atoms with E-state index in [1.165, 1.54) is 4.90 Å². The third-order valence-electron chi connectivity index (χ3n) is 3.56. The van der Waals surface area contributed by atoms with Gasteiger partial charge in [-0.1, -0.05) is 17.7 Å². The van der Waals surface area contributed by atoms with E-state index in [4.69, 9.17) is 5.73 Å². The van der Waals surface area contributed by atoms with Crippen molar-refractivity contribution in [3.8, 4) is 0 Å². The lowest BCUT2D eigenvalue weighted by atomic mass is 10.1. The second kappa shape index (κ2) is 6.66. The molecule has 2 N–H and O–H groups in total. The Balaban J connectivity index is 2.14. The number of primary amides is 1. The number of nitrogens with two attached hydrogens (primary N) is 1. The maximum atomic E-state index is 12.4. The summed E-state index contributed by atoms with van der Waals surface area (Å²) in [6, 6.07) is 4.52. The van der Waals surface area contributed by atoms with Gasteiger partial charge in [0.1, 0.15) is 6.04 Å². The average Bonchev–Trinajstić information content (AvgIpc) is 2.75. The molecule has 0 saturated heterocycles. The molecule has 22 heavy (non-hydrogen) atoms. The summed E-state index contributed by atoms with van der Waals surface area (Å²) < 4.78 is 14.4. The Kier molecular flexibility index (Phi) is 4.88. The molecular weight excluding hydrogens is 307 g/mol. The Morgan fingerprint density at radius 1 is 1.45 bits per heavy atom. The second-order valence-corrected chi connectivity index (χ2v) is 5.42. The molecular formula is C14H15N2O5P. The first kappa shape index (κ1) is 16.1. The normalized spacial score (nSPS) is 14.8. The number of aryl methyl sites for hydroxylation is 1. The molecule has 8 heteroatoms. The number of nitrogens with zero attached hydrogens (tertiary/aromatic N) is 1. The van der Waals surface area contributed by atoms with Gasteiger partial charge in [0.2, 0.25) is 5.91 Å². The first-order chi connectivity index (χ1) is 10.4. The summed E-state index contributed by atoms with van der Waals surface area (Å²) in [6.07, 6.45) is -0.121. The van der Waals surface area contributed by atoms with Crippen LogP contribution in [0.4, 0.5) is 0 Å². The van der Waals surface area contributed by atoms with Crippen molar-refractivity contribution in [3.63, 3.8) is 0 Å². The highest BCUT2D eigenvalue weighted by atomic mass is 31.1. The van der Waals surface area contributed by atoms with Crippen molar-refractivity contribution in [1.82, 2.24) is 4.90 Å². The largest absolute Gasteiger partial charge is 0.398 e. The summed E-state index contributed by atoms with van der Waals surface area (Å²) in [5, 5.41) is 0. The summed E-state index contributed by atoms with van der Waals surface area (Å²) >= 11 is 0. The molecule has 1 atom stereocenters. The van der Waals surface area contributed by atoms with Crippen LogP contribution in [-0.2, 0) is 25.2 Å². The van der Waals surface area contributed by atoms with Gasteiger partial charge in [-0.25, -0.2) is 4.57 Å². The highest BCUT2D eigenvalue weighted by Gasteiger charge is 2.35. The van der Waals surface area contributed by atoms with Crippen LogP contribution in [0.1, 0.15) is 34.3 Å². The van der Waals surface area contributed by atoms with Gasteiger partial charge in [-0.15, -0.1) is 0 Å². The molecule has 1 aromatic carbocycles. The summed E-state index contributed by atoms with van der Waals surface area (Å²) in [4.78, 5) is 36.6. The summed E-state index contributed by atoms with van der Waals surface area (Å²) in [5.74, 6) is -1.69. The molecule has 0 fully saturated rings. The van der Waals surface area contributed by atoms with Crippen LogP contribution in [0.3, 0.4) is 0 Å². The van der Waals surface area contributed by atoms with Gasteiger partial charge in [-0.2, -0.15) is 0 Å². The van der Waals surface area contributed by atoms with E-state index in [2.05, 4.69) is 4.52 Å². The lowest BCUT2D eigenvalue weighted by molar-refractivity contribution is -0.134. The molecule has 1 aliphatic heterocycles. The predicted molar refractivity (Wildman–Crippen MR) is 77.0 cm³/mol. The van der Waals surface area contributed by atoms with E-state index >= 15 is 0 Å². The average molecular weight is 322 g/mol. The van der Waals surface area contributed by atoms with Crippen LogP contribution in [0.5, 0.6) is 0 Å². The Labute approximate surface area is 128 Å². The van der Waals surface area contributed by atoms with Crippen molar-refractivity contribution in [2.75, 3.05) is 0 Å². The van der Waals surface area contributed by atoms with Crippen molar-refractivity contribution in [2.45, 2.75) is 32.4 Å². The minimum atomic E-state index is -0.906. The number of benzene rings is 1. The second-order valence-electron chi connectivity index (χ2n) is 5.09. The summed E-state index contributed by atoms with van der Waals surface area (Å²) in [7, 11) is -0.744. The van der Waals surface area contributed by atoms with E-state index in [9.17, 15) is 18.9 Å². The van der Waals surface area contributed by atoms with Crippen molar-refractivity contribution >= 4 is 26.5 Å². The van der Waals surface area contributed by atoms with Gasteiger partial charge < -0.3 is 15.2 Å². The van der Waals surface area contributed by atoms with Crippen LogP contribution in [0.2, 0.25) is 0 Å². The van der Waals surface area contributed by atoms with Crippen LogP contribution >= 0.6 is 8.69 Å². The molecule has 0 aliphatic carbocycles. The van der Waals surface area contributed by atoms with Crippen LogP contribution < -0.4 is 5.73 Å². The molecule has 7 nitrogen and oxygen atoms in total. The fraction of sp³-hybridized carbons (Fsp3) is 0.357. The number of hydrogen-bond acceptors (Lipinski definition) is 5. The smallest absolute Gasteiger partial charge is 0.373 e. The van der Waals surface area contributed by atoms with E-state index in [1.807, 2.05) is 19.1 Å². The lowest BCUT2D eigenvalue weighted by Crippen LogP contribution is -2.45. The zero-order valence-electron chi connectivity index (χ0n) is 11.9. The summed E-state index contributed by atoms with van der Waals surface area (Å²) in [6.45, 7) is 2.19. The Hall–Kier alpha value is -2.27. The van der Waals surface area contributed by atoms with Gasteiger partial charge in [0.05, 0.1) is 0 Å². The molecule has 2 rings (SSSR count). The number of fused-ring (bicyclic) bond motifs is 1. The SMILES string of the molecule is Cc1ccc2c(c1)CN(C(CCC(=O)OP=O)C(N)=O)C2=O. The van der Waals surface area contributed by atoms with Crippen LogP contribution in [0.15, 0.2) is 18.2 Å². The molecule has 1 aromatic rings. The molecule has 0 spiro atoms. The highest BCUT2D eigenvalue weighted by Crippen LogP contribution is 2.27. The van der Waals surface area contributed by atoms with Crippen LogP contribution in [0.25, 0.3) is 0 Å². The molecule has 2 amide bonds. The summed E-state index contributed by atoms with van der Waals surface area (Å²) in [5.41, 5.74) is 7.74. The minimum Gasteiger partial charge on any atom is -0.373 e. The van der Waals surface area contributed by atoms with Crippen molar-refractivity contribution < 1.29 is 23.5 Å². The van der Waals surface area contributed by atoms with E-state index in [0.717, 1.165) is 11.1 Å². The fourth-order valence-electron chi connectivity index (χ4n) is 2.52. The van der Waals surface area contributed by atoms with Gasteiger partial charge in [0.25, 0.3) is 5.91 Å². The van der Waals surface area contributed by atoms with Gasteiger partial charge >= 0.3 is 14.7 Å². The predicted octanol–water partition coefficient (Wildman–Crippen LogP) is 1.33. The fourth-order valence-corrected chi connectivity index (χ4v) is 2.69. The molecule has 0 aromatic heterocycles. The van der Waals surface area contributed by atoms with Crippen molar-refractivity contribution in [2.24, 2.45) is 5.73 Å². The molecule has 0 radical (unpaired) electrons. The molecule has 1 heterocycles. The molecule has 0 saturated carbocycles. The van der Waals surface area contributed by atoms with E-state index in [-0.39, 0.29) is 25.3 Å². The molecule has 1 aliphatic rings. The van der Waals surface area contributed by atoms with Gasteiger partial charge in [0.15, 0.2) is 0 Å².